The number of anilines is 1. The van der Waals surface area contributed by atoms with Crippen LogP contribution in [0.4, 0.5) is 17.1 Å². The largest absolute Gasteiger partial charge is 1.00 e. The number of hydrogen-bond donors (Lipinski definition) is 2. The Balaban J connectivity index is 0.00000420. The number of ether oxygens (including phenoxy) is 1. The van der Waals surface area contributed by atoms with E-state index in [1.807, 2.05) is 0 Å². The summed E-state index contributed by atoms with van der Waals surface area (Å²) in [5.41, 5.74) is 0.165. The second-order valence-electron chi connectivity index (χ2n) is 8.16. The van der Waals surface area contributed by atoms with Crippen LogP contribution in [-0.2, 0) is 10.1 Å². The van der Waals surface area contributed by atoms with Crippen LogP contribution in [0.25, 0.3) is 10.8 Å². The van der Waals surface area contributed by atoms with Crippen LogP contribution in [0.1, 0.15) is 22.8 Å². The molecular formula is C26H20Cl2N3NaO6S. The van der Waals surface area contributed by atoms with E-state index in [2.05, 4.69) is 15.5 Å². The van der Waals surface area contributed by atoms with Crippen LogP contribution in [-0.4, -0.2) is 25.5 Å². The van der Waals surface area contributed by atoms with E-state index in [9.17, 15) is 22.9 Å². The van der Waals surface area contributed by atoms with Crippen molar-refractivity contribution in [1.29, 1.82) is 0 Å². The fourth-order valence-electron chi connectivity index (χ4n) is 3.80. The normalized spacial score (nSPS) is 11.4. The van der Waals surface area contributed by atoms with Crippen molar-refractivity contribution in [3.05, 3.63) is 81.8 Å². The summed E-state index contributed by atoms with van der Waals surface area (Å²) in [5.74, 6) is -1.03. The van der Waals surface area contributed by atoms with Gasteiger partial charge in [-0.2, -0.15) is 13.5 Å². The summed E-state index contributed by atoms with van der Waals surface area (Å²) in [6, 6.07) is 15.5. The number of aryl methyl sites for hydroxylation is 1. The van der Waals surface area contributed by atoms with E-state index >= 15 is 0 Å². The third-order valence-corrected chi connectivity index (χ3v) is 6.92. The topological polar surface area (TPSA) is 140 Å². The molecule has 13 heteroatoms. The van der Waals surface area contributed by atoms with E-state index in [1.165, 1.54) is 24.3 Å². The van der Waals surface area contributed by atoms with Gasteiger partial charge in [0, 0.05) is 27.7 Å². The number of nitrogens with zero attached hydrogens (tertiary/aromatic N) is 2. The fraction of sp³-hybridized carbons (Fsp3) is 0.115. The van der Waals surface area contributed by atoms with E-state index in [1.54, 1.807) is 50.2 Å². The van der Waals surface area contributed by atoms with Crippen molar-refractivity contribution < 1.29 is 57.2 Å². The molecule has 0 fully saturated rings. The number of hydrogen-bond acceptors (Lipinski definition) is 7. The molecule has 4 aromatic rings. The van der Waals surface area contributed by atoms with Gasteiger partial charge < -0.3 is 15.2 Å². The van der Waals surface area contributed by atoms with Crippen LogP contribution < -0.4 is 44.7 Å². The molecule has 2 N–H and O–H groups in total. The van der Waals surface area contributed by atoms with Gasteiger partial charge in [-0.05, 0) is 55.1 Å². The predicted molar refractivity (Wildman–Crippen MR) is 144 cm³/mol. The molecule has 9 nitrogen and oxygen atoms in total. The standard InChI is InChI=1S/C26H21Cl2N3O6S.Na/c1-3-37-18-12-16(27)11-17(13-18)29-26(33)20-10-15-6-4-5-7-19(15)23(24(20)32)31-30-22-9-14(2)8-21(28)25(22)38(34,35)36;/h4-13,32H,3H2,1-2H3,(H,29,33)(H,34,35,36);/q;+1/p-1. The molecule has 0 heterocycles. The minimum Gasteiger partial charge on any atom is -0.870 e. The molecule has 1 amide bonds. The number of rotatable bonds is 7. The molecular weight excluding hydrogens is 576 g/mol. The van der Waals surface area contributed by atoms with Crippen LogP contribution in [0.3, 0.4) is 0 Å². The molecule has 0 bridgehead atoms. The SMILES string of the molecule is CCOc1cc(Cl)cc(NC(=O)c2cc3ccccc3c(N=Nc3cc(C)cc(Cl)c3S(=O)(=O)O)c2[O-])c1.[Na+]. The first-order valence-corrected chi connectivity index (χ1v) is 13.3. The molecule has 0 radical (unpaired) electrons. The Morgan fingerprint density at radius 1 is 1.08 bits per heavy atom. The molecule has 0 aromatic heterocycles. The first-order valence-electron chi connectivity index (χ1n) is 11.1. The van der Waals surface area contributed by atoms with Crippen LogP contribution in [0.15, 0.2) is 75.8 Å². The van der Waals surface area contributed by atoms with Crippen LogP contribution in [0.2, 0.25) is 10.0 Å². The number of carbonyl (C=O) groups is 1. The molecule has 196 valence electrons. The van der Waals surface area contributed by atoms with Gasteiger partial charge in [-0.15, -0.1) is 5.11 Å². The van der Waals surface area contributed by atoms with Crippen LogP contribution >= 0.6 is 23.2 Å². The average Bonchev–Trinajstić information content (AvgIpc) is 2.81. The average molecular weight is 596 g/mol. The molecule has 0 saturated carbocycles. The van der Waals surface area contributed by atoms with Gasteiger partial charge >= 0.3 is 29.6 Å². The van der Waals surface area contributed by atoms with Crippen molar-refractivity contribution in [3.63, 3.8) is 0 Å². The summed E-state index contributed by atoms with van der Waals surface area (Å²) < 4.78 is 38.9. The molecule has 0 aliphatic carbocycles. The first-order chi connectivity index (χ1) is 18.0. The Morgan fingerprint density at radius 2 is 1.79 bits per heavy atom. The number of carbonyl (C=O) groups excluding carboxylic acids is 1. The molecule has 0 aliphatic heterocycles. The van der Waals surface area contributed by atoms with Crippen molar-refractivity contribution in [2.75, 3.05) is 11.9 Å². The van der Waals surface area contributed by atoms with E-state index in [0.717, 1.165) is 0 Å². The second kappa shape index (κ2) is 12.6. The van der Waals surface area contributed by atoms with E-state index in [0.29, 0.717) is 39.4 Å². The summed E-state index contributed by atoms with van der Waals surface area (Å²) in [4.78, 5) is 12.5. The maximum absolute atomic E-state index is 13.4. The van der Waals surface area contributed by atoms with Crippen molar-refractivity contribution in [3.8, 4) is 11.5 Å². The molecule has 0 atom stereocenters. The molecule has 39 heavy (non-hydrogen) atoms. The van der Waals surface area contributed by atoms with Crippen molar-refractivity contribution in [2.24, 2.45) is 10.2 Å². The maximum atomic E-state index is 13.4. The quantitative estimate of drug-likeness (QED) is 0.189. The summed E-state index contributed by atoms with van der Waals surface area (Å²) >= 11 is 12.2. The summed E-state index contributed by atoms with van der Waals surface area (Å²) in [6.45, 7) is 3.84. The molecule has 0 unspecified atom stereocenters. The zero-order valence-electron chi connectivity index (χ0n) is 21.0. The second-order valence-corrected chi connectivity index (χ2v) is 10.4. The fourth-order valence-corrected chi connectivity index (χ4v) is 5.26. The Hall–Kier alpha value is -2.70. The molecule has 0 spiro atoms. The third-order valence-electron chi connectivity index (χ3n) is 5.34. The molecule has 4 rings (SSSR count). The van der Waals surface area contributed by atoms with Crippen molar-refractivity contribution >= 4 is 67.1 Å². The smallest absolute Gasteiger partial charge is 0.870 e. The van der Waals surface area contributed by atoms with Crippen molar-refractivity contribution in [2.45, 2.75) is 18.7 Å². The summed E-state index contributed by atoms with van der Waals surface area (Å²) in [5, 5.41) is 25.0. The molecule has 0 aliphatic rings. The Kier molecular flexibility index (Phi) is 10.0. The van der Waals surface area contributed by atoms with E-state index in [4.69, 9.17) is 27.9 Å². The van der Waals surface area contributed by atoms with Gasteiger partial charge in [0.1, 0.15) is 16.3 Å². The van der Waals surface area contributed by atoms with Gasteiger partial charge in [0.15, 0.2) is 0 Å². The number of benzene rings is 4. The van der Waals surface area contributed by atoms with Crippen molar-refractivity contribution in [1.82, 2.24) is 0 Å². The maximum Gasteiger partial charge on any atom is 1.00 e. The van der Waals surface area contributed by atoms with Gasteiger partial charge in [0.05, 0.1) is 17.3 Å². The zero-order chi connectivity index (χ0) is 27.6. The first kappa shape index (κ1) is 30.8. The Morgan fingerprint density at radius 3 is 2.49 bits per heavy atom. The van der Waals surface area contributed by atoms with Gasteiger partial charge in [0.25, 0.3) is 16.0 Å². The van der Waals surface area contributed by atoms with E-state index < -0.39 is 26.7 Å². The number of amides is 1. The number of azo groups is 1. The van der Waals surface area contributed by atoms with Gasteiger partial charge in [-0.3, -0.25) is 9.35 Å². The minimum absolute atomic E-state index is 0. The summed E-state index contributed by atoms with van der Waals surface area (Å²) in [7, 11) is -4.75. The number of halogens is 2. The zero-order valence-corrected chi connectivity index (χ0v) is 25.4. The Labute approximate surface area is 256 Å². The van der Waals surface area contributed by atoms with E-state index in [-0.39, 0.29) is 51.5 Å². The molecule has 0 saturated heterocycles. The monoisotopic (exact) mass is 595 g/mol. The van der Waals surface area contributed by atoms with Gasteiger partial charge in [-0.25, -0.2) is 0 Å². The van der Waals surface area contributed by atoms with Crippen LogP contribution in [0.5, 0.6) is 11.5 Å². The molecule has 4 aromatic carbocycles. The third kappa shape index (κ3) is 7.09. The van der Waals surface area contributed by atoms with Crippen LogP contribution in [0, 0.1) is 6.92 Å². The number of nitrogens with one attached hydrogen (secondary N) is 1. The van der Waals surface area contributed by atoms with Gasteiger partial charge in [-0.1, -0.05) is 53.2 Å². The Bertz CT molecular complexity index is 1710. The minimum atomic E-state index is -4.75. The number of fused-ring (bicyclic) bond motifs is 1. The summed E-state index contributed by atoms with van der Waals surface area (Å²) in [6.07, 6.45) is 0. The predicted octanol–water partition coefficient (Wildman–Crippen LogP) is 3.85. The van der Waals surface area contributed by atoms with Gasteiger partial charge in [0.2, 0.25) is 0 Å².